The van der Waals surface area contributed by atoms with E-state index < -0.39 is 0 Å². The molecule has 0 saturated carbocycles. The third kappa shape index (κ3) is 1.82. The van der Waals surface area contributed by atoms with Crippen molar-refractivity contribution in [3.63, 3.8) is 0 Å². The number of pyridine rings is 2. The molecule has 3 aromatic heterocycles. The van der Waals surface area contributed by atoms with Crippen molar-refractivity contribution in [2.45, 2.75) is 13.5 Å². The smallest absolute Gasteiger partial charge is 0.250 e. The highest BCUT2D eigenvalue weighted by Crippen LogP contribution is 2.08. The van der Waals surface area contributed by atoms with Crippen molar-refractivity contribution in [1.82, 2.24) is 14.0 Å². The molecule has 0 amide bonds. The Labute approximate surface area is 104 Å². The van der Waals surface area contributed by atoms with Crippen molar-refractivity contribution in [1.29, 1.82) is 0 Å². The van der Waals surface area contributed by atoms with Crippen LogP contribution in [0.5, 0.6) is 0 Å². The van der Waals surface area contributed by atoms with Gasteiger partial charge in [-0.05, 0) is 25.1 Å². The van der Waals surface area contributed by atoms with Crippen LogP contribution in [0.1, 0.15) is 11.4 Å². The van der Waals surface area contributed by atoms with E-state index in [1.807, 2.05) is 41.8 Å². The summed E-state index contributed by atoms with van der Waals surface area (Å²) < 4.78 is 3.68. The van der Waals surface area contributed by atoms with Gasteiger partial charge in [-0.25, -0.2) is 4.98 Å². The zero-order chi connectivity index (χ0) is 12.5. The van der Waals surface area contributed by atoms with Gasteiger partial charge in [0, 0.05) is 24.2 Å². The fourth-order valence-electron chi connectivity index (χ4n) is 2.04. The van der Waals surface area contributed by atoms with Crippen LogP contribution in [0, 0.1) is 6.92 Å². The molecule has 4 nitrogen and oxygen atoms in total. The number of imidazole rings is 1. The maximum Gasteiger partial charge on any atom is 0.250 e. The normalized spacial score (nSPS) is 10.9. The average Bonchev–Trinajstić information content (AvgIpc) is 2.76. The standard InChI is InChI=1S/C14H13N3O/c1-11-5-4-6-13-15-12(10-17(11)13)9-16-8-3-2-7-14(16)18/h2-8,10H,9H2,1H3. The van der Waals surface area contributed by atoms with Gasteiger partial charge in [0.2, 0.25) is 0 Å². The number of rotatable bonds is 2. The van der Waals surface area contributed by atoms with Crippen LogP contribution in [0.25, 0.3) is 5.65 Å². The largest absolute Gasteiger partial charge is 0.309 e. The molecule has 0 spiro atoms. The van der Waals surface area contributed by atoms with Crippen molar-refractivity contribution in [2.75, 3.05) is 0 Å². The SMILES string of the molecule is Cc1cccc2nc(Cn3ccccc3=O)cn12. The van der Waals surface area contributed by atoms with Gasteiger partial charge in [0.05, 0.1) is 12.2 Å². The summed E-state index contributed by atoms with van der Waals surface area (Å²) in [6.45, 7) is 2.54. The Morgan fingerprint density at radius 2 is 2.06 bits per heavy atom. The monoisotopic (exact) mass is 239 g/mol. The molecule has 90 valence electrons. The Morgan fingerprint density at radius 3 is 2.83 bits per heavy atom. The van der Waals surface area contributed by atoms with Crippen LogP contribution >= 0.6 is 0 Å². The average molecular weight is 239 g/mol. The molecule has 3 heterocycles. The first-order valence-corrected chi connectivity index (χ1v) is 5.83. The van der Waals surface area contributed by atoms with Crippen LogP contribution in [0.3, 0.4) is 0 Å². The van der Waals surface area contributed by atoms with Crippen molar-refractivity contribution in [2.24, 2.45) is 0 Å². The van der Waals surface area contributed by atoms with Gasteiger partial charge in [-0.1, -0.05) is 12.1 Å². The Kier molecular flexibility index (Phi) is 2.48. The number of hydrogen-bond acceptors (Lipinski definition) is 2. The number of aryl methyl sites for hydroxylation is 1. The molecule has 0 unspecified atom stereocenters. The van der Waals surface area contributed by atoms with Crippen LogP contribution in [0.4, 0.5) is 0 Å². The topological polar surface area (TPSA) is 39.3 Å². The van der Waals surface area contributed by atoms with E-state index >= 15 is 0 Å². The minimum absolute atomic E-state index is 0.00808. The summed E-state index contributed by atoms with van der Waals surface area (Å²) in [7, 11) is 0. The van der Waals surface area contributed by atoms with Gasteiger partial charge < -0.3 is 8.97 Å². The molecule has 0 aliphatic rings. The van der Waals surface area contributed by atoms with Gasteiger partial charge in [0.15, 0.2) is 0 Å². The highest BCUT2D eigenvalue weighted by molar-refractivity contribution is 5.41. The number of hydrogen-bond donors (Lipinski definition) is 0. The molecule has 0 saturated heterocycles. The molecular formula is C14H13N3O. The quantitative estimate of drug-likeness (QED) is 0.684. The summed E-state index contributed by atoms with van der Waals surface area (Å²) in [6, 6.07) is 11.1. The molecule has 0 fully saturated rings. The first kappa shape index (κ1) is 10.8. The molecule has 0 aliphatic heterocycles. The minimum Gasteiger partial charge on any atom is -0.309 e. The van der Waals surface area contributed by atoms with Gasteiger partial charge in [-0.3, -0.25) is 4.79 Å². The van der Waals surface area contributed by atoms with Gasteiger partial charge in [-0.2, -0.15) is 0 Å². The fraction of sp³-hybridized carbons (Fsp3) is 0.143. The van der Waals surface area contributed by atoms with Gasteiger partial charge >= 0.3 is 0 Å². The second-order valence-corrected chi connectivity index (χ2v) is 4.29. The molecule has 0 aliphatic carbocycles. The summed E-state index contributed by atoms with van der Waals surface area (Å²) in [4.78, 5) is 16.1. The van der Waals surface area contributed by atoms with E-state index in [9.17, 15) is 4.79 Å². The molecule has 4 heteroatoms. The molecule has 0 aromatic carbocycles. The first-order chi connectivity index (χ1) is 8.74. The highest BCUT2D eigenvalue weighted by Gasteiger charge is 2.04. The lowest BCUT2D eigenvalue weighted by molar-refractivity contribution is 0.744. The zero-order valence-corrected chi connectivity index (χ0v) is 10.1. The molecule has 3 rings (SSSR count). The molecule has 18 heavy (non-hydrogen) atoms. The Balaban J connectivity index is 2.04. The van der Waals surface area contributed by atoms with Crippen LogP contribution in [-0.4, -0.2) is 14.0 Å². The fourth-order valence-corrected chi connectivity index (χ4v) is 2.04. The Morgan fingerprint density at radius 1 is 1.17 bits per heavy atom. The molecule has 0 radical (unpaired) electrons. The maximum atomic E-state index is 11.6. The Bertz CT molecular complexity index is 755. The number of nitrogens with zero attached hydrogens (tertiary/aromatic N) is 3. The minimum atomic E-state index is -0.00808. The third-order valence-corrected chi connectivity index (χ3v) is 2.98. The van der Waals surface area contributed by atoms with Crippen molar-refractivity contribution in [3.05, 3.63) is 70.5 Å². The number of fused-ring (bicyclic) bond motifs is 1. The predicted octanol–water partition coefficient (Wildman–Crippen LogP) is 1.85. The van der Waals surface area contributed by atoms with Crippen molar-refractivity contribution in [3.8, 4) is 0 Å². The maximum absolute atomic E-state index is 11.6. The highest BCUT2D eigenvalue weighted by atomic mass is 16.1. The number of aromatic nitrogens is 3. The van der Waals surface area contributed by atoms with Crippen molar-refractivity contribution >= 4 is 5.65 Å². The lowest BCUT2D eigenvalue weighted by Crippen LogP contribution is -2.18. The zero-order valence-electron chi connectivity index (χ0n) is 10.1. The van der Waals surface area contributed by atoms with Gasteiger partial charge in [-0.15, -0.1) is 0 Å². The lowest BCUT2D eigenvalue weighted by atomic mass is 10.4. The van der Waals surface area contributed by atoms with Gasteiger partial charge in [0.25, 0.3) is 5.56 Å². The second kappa shape index (κ2) is 4.14. The van der Waals surface area contributed by atoms with E-state index in [1.54, 1.807) is 22.9 Å². The summed E-state index contributed by atoms with van der Waals surface area (Å²) in [5.74, 6) is 0. The summed E-state index contributed by atoms with van der Waals surface area (Å²) in [6.07, 6.45) is 3.75. The summed E-state index contributed by atoms with van der Waals surface area (Å²) in [5.41, 5.74) is 2.92. The van der Waals surface area contributed by atoms with E-state index in [0.717, 1.165) is 17.0 Å². The molecular weight excluding hydrogens is 226 g/mol. The Hall–Kier alpha value is -2.36. The van der Waals surface area contributed by atoms with Crippen LogP contribution < -0.4 is 5.56 Å². The van der Waals surface area contributed by atoms with E-state index in [4.69, 9.17) is 0 Å². The molecule has 0 N–H and O–H groups in total. The van der Waals surface area contributed by atoms with E-state index in [2.05, 4.69) is 4.98 Å². The second-order valence-electron chi connectivity index (χ2n) is 4.29. The van der Waals surface area contributed by atoms with Crippen molar-refractivity contribution < 1.29 is 0 Å². The van der Waals surface area contributed by atoms with Crippen LogP contribution in [-0.2, 0) is 6.54 Å². The molecule has 3 aromatic rings. The van der Waals surface area contributed by atoms with Crippen LogP contribution in [0.15, 0.2) is 53.6 Å². The first-order valence-electron chi connectivity index (χ1n) is 5.83. The lowest BCUT2D eigenvalue weighted by Gasteiger charge is -2.00. The van der Waals surface area contributed by atoms with E-state index in [0.29, 0.717) is 6.54 Å². The summed E-state index contributed by atoms with van der Waals surface area (Å²) >= 11 is 0. The third-order valence-electron chi connectivity index (χ3n) is 2.98. The van der Waals surface area contributed by atoms with Crippen LogP contribution in [0.2, 0.25) is 0 Å². The predicted molar refractivity (Wildman–Crippen MR) is 69.7 cm³/mol. The van der Waals surface area contributed by atoms with E-state index in [1.165, 1.54) is 0 Å². The summed E-state index contributed by atoms with van der Waals surface area (Å²) in [5, 5.41) is 0. The molecule has 0 bridgehead atoms. The van der Waals surface area contributed by atoms with E-state index in [-0.39, 0.29) is 5.56 Å². The van der Waals surface area contributed by atoms with Gasteiger partial charge in [0.1, 0.15) is 5.65 Å². The molecule has 0 atom stereocenters.